The predicted molar refractivity (Wildman–Crippen MR) is 109 cm³/mol. The fourth-order valence-corrected chi connectivity index (χ4v) is 3.39. The van der Waals surface area contributed by atoms with Crippen LogP contribution in [0, 0.1) is 5.41 Å². The Labute approximate surface area is 169 Å². The van der Waals surface area contributed by atoms with Gasteiger partial charge in [0.2, 0.25) is 11.8 Å². The van der Waals surface area contributed by atoms with Gasteiger partial charge in [0.1, 0.15) is 12.3 Å². The van der Waals surface area contributed by atoms with Crippen LogP contribution in [-0.2, 0) is 20.9 Å². The molecule has 1 saturated heterocycles. The van der Waals surface area contributed by atoms with Gasteiger partial charge in [0, 0.05) is 25.6 Å². The van der Waals surface area contributed by atoms with Crippen molar-refractivity contribution in [2.45, 2.75) is 79.0 Å². The van der Waals surface area contributed by atoms with Crippen molar-refractivity contribution in [2.75, 3.05) is 19.7 Å². The van der Waals surface area contributed by atoms with Gasteiger partial charge >= 0.3 is 0 Å². The van der Waals surface area contributed by atoms with Crippen molar-refractivity contribution in [3.63, 3.8) is 0 Å². The molecule has 0 aromatic carbocycles. The lowest BCUT2D eigenvalue weighted by molar-refractivity contribution is -0.144. The Morgan fingerprint density at radius 3 is 2.57 bits per heavy atom. The van der Waals surface area contributed by atoms with Gasteiger partial charge in [-0.15, -0.1) is 0 Å². The molecule has 2 atom stereocenters. The van der Waals surface area contributed by atoms with Crippen molar-refractivity contribution < 1.29 is 18.7 Å². The van der Waals surface area contributed by atoms with E-state index in [0.717, 1.165) is 31.6 Å². The number of nitrogens with zero attached hydrogens (tertiary/aromatic N) is 2. The number of ether oxygens (including phenoxy) is 1. The van der Waals surface area contributed by atoms with Crippen LogP contribution in [-0.4, -0.2) is 53.5 Å². The molecule has 0 spiro atoms. The molecule has 6 nitrogen and oxygen atoms in total. The number of amides is 2. The first-order chi connectivity index (χ1) is 13.2. The van der Waals surface area contributed by atoms with Crippen molar-refractivity contribution in [1.29, 1.82) is 0 Å². The summed E-state index contributed by atoms with van der Waals surface area (Å²) < 4.78 is 11.2. The van der Waals surface area contributed by atoms with Crippen LogP contribution >= 0.6 is 0 Å². The molecule has 0 unspecified atom stereocenters. The monoisotopic (exact) mass is 392 g/mol. The van der Waals surface area contributed by atoms with Crippen LogP contribution in [0.25, 0.3) is 0 Å². The quantitative estimate of drug-likeness (QED) is 0.640. The van der Waals surface area contributed by atoms with Crippen LogP contribution in [0.1, 0.15) is 66.1 Å². The topological polar surface area (TPSA) is 63.0 Å². The molecule has 1 fully saturated rings. The number of carbonyl (C=O) groups excluding carboxylic acids is 2. The third kappa shape index (κ3) is 6.97. The largest absolute Gasteiger partial charge is 0.467 e. The second-order valence-corrected chi connectivity index (χ2v) is 9.00. The molecule has 0 radical (unpaired) electrons. The summed E-state index contributed by atoms with van der Waals surface area (Å²) in [5.41, 5.74) is -0.114. The Kier molecular flexibility index (Phi) is 8.10. The number of hydrogen-bond donors (Lipinski definition) is 0. The summed E-state index contributed by atoms with van der Waals surface area (Å²) in [5, 5.41) is 0. The second kappa shape index (κ2) is 10.1. The van der Waals surface area contributed by atoms with Gasteiger partial charge in [-0.2, -0.15) is 0 Å². The van der Waals surface area contributed by atoms with Crippen LogP contribution in [0.15, 0.2) is 22.8 Å². The Morgan fingerprint density at radius 2 is 2.04 bits per heavy atom. The van der Waals surface area contributed by atoms with Gasteiger partial charge in [0.05, 0.1) is 18.9 Å². The van der Waals surface area contributed by atoms with Gasteiger partial charge in [0.15, 0.2) is 0 Å². The fraction of sp³-hybridized carbons (Fsp3) is 0.727. The molecule has 1 aromatic rings. The van der Waals surface area contributed by atoms with Crippen LogP contribution in [0.5, 0.6) is 0 Å². The molecule has 6 heteroatoms. The minimum atomic E-state index is -0.114. The molecule has 2 heterocycles. The van der Waals surface area contributed by atoms with Gasteiger partial charge in [-0.25, -0.2) is 0 Å². The fourth-order valence-electron chi connectivity index (χ4n) is 3.39. The Balaban J connectivity index is 2.11. The molecule has 2 amide bonds. The summed E-state index contributed by atoms with van der Waals surface area (Å²) in [7, 11) is 0. The first-order valence-corrected chi connectivity index (χ1v) is 10.4. The summed E-state index contributed by atoms with van der Waals surface area (Å²) in [6.45, 7) is 11.9. The minimum Gasteiger partial charge on any atom is -0.467 e. The van der Waals surface area contributed by atoms with Gasteiger partial charge in [-0.05, 0) is 43.7 Å². The molecule has 1 aromatic heterocycles. The van der Waals surface area contributed by atoms with E-state index in [1.165, 1.54) is 0 Å². The molecule has 0 N–H and O–H groups in total. The molecular formula is C22H36N2O4. The molecule has 2 rings (SSSR count). The third-order valence-corrected chi connectivity index (χ3v) is 5.16. The predicted octanol–water partition coefficient (Wildman–Crippen LogP) is 3.85. The maximum absolute atomic E-state index is 13.2. The maximum atomic E-state index is 13.2. The first kappa shape index (κ1) is 22.5. The van der Waals surface area contributed by atoms with E-state index in [9.17, 15) is 9.59 Å². The van der Waals surface area contributed by atoms with Gasteiger partial charge in [0.25, 0.3) is 0 Å². The van der Waals surface area contributed by atoms with E-state index < -0.39 is 0 Å². The van der Waals surface area contributed by atoms with Crippen LogP contribution in [0.2, 0.25) is 0 Å². The normalized spacial score (nSPS) is 18.1. The summed E-state index contributed by atoms with van der Waals surface area (Å²) in [5.74, 6) is 0.710. The SMILES string of the molecule is CC[C@@H](C)N(CC(=O)N(Cc1ccco1)C[C@H]1CCCO1)C(=O)CC(C)(C)C. The first-order valence-electron chi connectivity index (χ1n) is 10.4. The molecule has 1 aliphatic rings. The Bertz CT molecular complexity index is 615. The highest BCUT2D eigenvalue weighted by molar-refractivity contribution is 5.85. The van der Waals surface area contributed by atoms with E-state index in [4.69, 9.17) is 9.15 Å². The van der Waals surface area contributed by atoms with Crippen LogP contribution in [0.3, 0.4) is 0 Å². The molecule has 28 heavy (non-hydrogen) atoms. The highest BCUT2D eigenvalue weighted by atomic mass is 16.5. The summed E-state index contributed by atoms with van der Waals surface area (Å²) in [6, 6.07) is 3.71. The maximum Gasteiger partial charge on any atom is 0.242 e. The standard InChI is InChI=1S/C22H36N2O4/c1-6-17(2)24(20(25)13-22(3,4)5)16-21(26)23(14-18-9-7-11-27-18)15-19-10-8-12-28-19/h7,9,11,17,19H,6,8,10,12-16H2,1-5H3/t17-,19-/m1/s1. The van der Waals surface area contributed by atoms with Crippen molar-refractivity contribution in [3.8, 4) is 0 Å². The lowest BCUT2D eigenvalue weighted by Crippen LogP contribution is -2.48. The van der Waals surface area contributed by atoms with Crippen molar-refractivity contribution in [1.82, 2.24) is 9.80 Å². The zero-order valence-corrected chi connectivity index (χ0v) is 18.1. The van der Waals surface area contributed by atoms with E-state index in [1.54, 1.807) is 16.1 Å². The zero-order chi connectivity index (χ0) is 20.7. The third-order valence-electron chi connectivity index (χ3n) is 5.16. The van der Waals surface area contributed by atoms with E-state index >= 15 is 0 Å². The van der Waals surface area contributed by atoms with Gasteiger partial charge in [-0.3, -0.25) is 9.59 Å². The Hall–Kier alpha value is -1.82. The second-order valence-electron chi connectivity index (χ2n) is 9.00. The smallest absolute Gasteiger partial charge is 0.242 e. The van der Waals surface area contributed by atoms with E-state index in [-0.39, 0.29) is 35.9 Å². The van der Waals surface area contributed by atoms with Crippen molar-refractivity contribution in [2.24, 2.45) is 5.41 Å². The molecule has 0 bridgehead atoms. The average molecular weight is 393 g/mol. The lowest BCUT2D eigenvalue weighted by Gasteiger charge is -2.33. The van der Waals surface area contributed by atoms with Crippen molar-refractivity contribution >= 4 is 11.8 Å². The number of carbonyl (C=O) groups is 2. The molecule has 0 aliphatic carbocycles. The number of rotatable bonds is 9. The molecule has 1 aliphatic heterocycles. The average Bonchev–Trinajstić information content (AvgIpc) is 3.30. The minimum absolute atomic E-state index is 0.0204. The van der Waals surface area contributed by atoms with E-state index in [1.807, 2.05) is 46.8 Å². The summed E-state index contributed by atoms with van der Waals surface area (Å²) >= 11 is 0. The zero-order valence-electron chi connectivity index (χ0n) is 18.1. The Morgan fingerprint density at radius 1 is 1.29 bits per heavy atom. The number of furan rings is 1. The molecular weight excluding hydrogens is 356 g/mol. The van der Waals surface area contributed by atoms with Gasteiger partial charge in [-0.1, -0.05) is 27.7 Å². The highest BCUT2D eigenvalue weighted by Crippen LogP contribution is 2.22. The molecule has 158 valence electrons. The summed E-state index contributed by atoms with van der Waals surface area (Å²) in [4.78, 5) is 29.6. The number of hydrogen-bond acceptors (Lipinski definition) is 4. The van der Waals surface area contributed by atoms with E-state index in [2.05, 4.69) is 0 Å². The van der Waals surface area contributed by atoms with Crippen molar-refractivity contribution in [3.05, 3.63) is 24.2 Å². The molecule has 0 saturated carbocycles. The lowest BCUT2D eigenvalue weighted by atomic mass is 9.91. The summed E-state index contributed by atoms with van der Waals surface area (Å²) in [6.07, 6.45) is 4.89. The van der Waals surface area contributed by atoms with Crippen LogP contribution in [0.4, 0.5) is 0 Å². The highest BCUT2D eigenvalue weighted by Gasteiger charge is 2.29. The van der Waals surface area contributed by atoms with Gasteiger partial charge < -0.3 is 19.0 Å². The van der Waals surface area contributed by atoms with E-state index in [0.29, 0.717) is 19.5 Å². The van der Waals surface area contributed by atoms with Crippen LogP contribution < -0.4 is 0 Å².